The van der Waals surface area contributed by atoms with Crippen LogP contribution >= 0.6 is 0 Å². The maximum atomic E-state index is 3.72. The molecular weight excluding hydrogens is 484 g/mol. The summed E-state index contributed by atoms with van der Waals surface area (Å²) in [5.74, 6) is 0. The summed E-state index contributed by atoms with van der Waals surface area (Å²) in [4.78, 5) is 0. The van der Waals surface area contributed by atoms with Gasteiger partial charge in [0, 0.05) is 28.3 Å². The number of aryl methyl sites for hydroxylation is 2. The minimum atomic E-state index is 1.06. The highest BCUT2D eigenvalue weighted by Gasteiger charge is 2.19. The van der Waals surface area contributed by atoms with Gasteiger partial charge in [-0.2, -0.15) is 0 Å². The van der Waals surface area contributed by atoms with E-state index in [0.717, 1.165) is 22.7 Å². The number of hydrogen-bond donors (Lipinski definition) is 2. The molecule has 2 heteroatoms. The molecule has 0 saturated carbocycles. The Bertz CT molecular complexity index is 1740. The zero-order valence-electron chi connectivity index (χ0n) is 22.9. The van der Waals surface area contributed by atoms with Crippen LogP contribution in [0.3, 0.4) is 0 Å². The van der Waals surface area contributed by atoms with Crippen LogP contribution in [-0.2, 0) is 0 Å². The van der Waals surface area contributed by atoms with E-state index >= 15 is 0 Å². The second kappa shape index (κ2) is 11.3. The van der Waals surface area contributed by atoms with Gasteiger partial charge in [-0.25, -0.2) is 0 Å². The molecule has 0 atom stereocenters. The van der Waals surface area contributed by atoms with Crippen LogP contribution in [0.2, 0.25) is 0 Å². The summed E-state index contributed by atoms with van der Waals surface area (Å²) in [5, 5.41) is 7.23. The van der Waals surface area contributed by atoms with E-state index in [1.807, 2.05) is 24.3 Å². The van der Waals surface area contributed by atoms with Gasteiger partial charge in [-0.3, -0.25) is 0 Å². The summed E-state index contributed by atoms with van der Waals surface area (Å²) in [6.45, 7) is 4.31. The first kappa shape index (κ1) is 25.2. The minimum absolute atomic E-state index is 1.06. The van der Waals surface area contributed by atoms with E-state index < -0.39 is 0 Å². The summed E-state index contributed by atoms with van der Waals surface area (Å²) in [5.41, 5.74) is 14.0. The van der Waals surface area contributed by atoms with Crippen LogP contribution in [0.4, 0.5) is 22.7 Å². The van der Waals surface area contributed by atoms with Crippen LogP contribution < -0.4 is 10.6 Å². The van der Waals surface area contributed by atoms with Crippen molar-refractivity contribution < 1.29 is 0 Å². The van der Waals surface area contributed by atoms with E-state index in [-0.39, 0.29) is 0 Å². The maximum absolute atomic E-state index is 3.72. The van der Waals surface area contributed by atoms with E-state index in [1.54, 1.807) is 0 Å². The largest absolute Gasteiger partial charge is 0.356 e. The van der Waals surface area contributed by atoms with Crippen molar-refractivity contribution in [1.29, 1.82) is 0 Å². The van der Waals surface area contributed by atoms with Crippen molar-refractivity contribution in [3.63, 3.8) is 0 Å². The fourth-order valence-corrected chi connectivity index (χ4v) is 5.25. The second-order valence-electron chi connectivity index (χ2n) is 10.2. The molecule has 40 heavy (non-hydrogen) atoms. The molecule has 2 N–H and O–H groups in total. The van der Waals surface area contributed by atoms with E-state index in [9.17, 15) is 0 Å². The van der Waals surface area contributed by atoms with E-state index in [1.165, 1.54) is 44.5 Å². The van der Waals surface area contributed by atoms with Crippen molar-refractivity contribution in [3.8, 4) is 33.4 Å². The predicted octanol–water partition coefficient (Wildman–Crippen LogP) is 10.8. The molecule has 0 aliphatic rings. The van der Waals surface area contributed by atoms with Gasteiger partial charge in [0.15, 0.2) is 0 Å². The molecule has 194 valence electrons. The SMILES string of the molecule is Cc1cccc(-c2c(Nc3ccccc3)ccc(-c3ccc(Nc4ccccc4)cc3)c2-c2cccc(C)c2)c1. The molecule has 0 heterocycles. The van der Waals surface area contributed by atoms with Crippen molar-refractivity contribution in [2.24, 2.45) is 0 Å². The van der Waals surface area contributed by atoms with Gasteiger partial charge in [0.25, 0.3) is 0 Å². The highest BCUT2D eigenvalue weighted by molar-refractivity contribution is 6.01. The summed E-state index contributed by atoms with van der Waals surface area (Å²) in [6, 6.07) is 51.5. The van der Waals surface area contributed by atoms with Crippen LogP contribution in [0.1, 0.15) is 11.1 Å². The number of rotatable bonds is 7. The lowest BCUT2D eigenvalue weighted by Crippen LogP contribution is -1.99. The van der Waals surface area contributed by atoms with E-state index in [4.69, 9.17) is 0 Å². The van der Waals surface area contributed by atoms with Crippen LogP contribution in [0.25, 0.3) is 33.4 Å². The number of anilines is 4. The van der Waals surface area contributed by atoms with Crippen LogP contribution in [0.5, 0.6) is 0 Å². The molecular formula is C38H32N2. The normalized spacial score (nSPS) is 10.8. The molecule has 6 aromatic rings. The van der Waals surface area contributed by atoms with Gasteiger partial charge in [-0.15, -0.1) is 0 Å². The molecule has 0 spiro atoms. The average Bonchev–Trinajstić information content (AvgIpc) is 2.98. The topological polar surface area (TPSA) is 24.1 Å². The molecule has 6 aromatic carbocycles. The molecule has 2 nitrogen and oxygen atoms in total. The number of nitrogens with one attached hydrogen (secondary N) is 2. The third kappa shape index (κ3) is 5.52. The van der Waals surface area contributed by atoms with Crippen molar-refractivity contribution >= 4 is 22.7 Å². The summed E-state index contributed by atoms with van der Waals surface area (Å²) >= 11 is 0. The Morgan fingerprint density at radius 3 is 1.48 bits per heavy atom. The Morgan fingerprint density at radius 2 is 0.900 bits per heavy atom. The first-order chi connectivity index (χ1) is 19.6. The molecule has 0 aromatic heterocycles. The van der Waals surface area contributed by atoms with Gasteiger partial charge >= 0.3 is 0 Å². The van der Waals surface area contributed by atoms with Gasteiger partial charge in [0.2, 0.25) is 0 Å². The Labute approximate surface area is 237 Å². The monoisotopic (exact) mass is 516 g/mol. The van der Waals surface area contributed by atoms with E-state index in [2.05, 4.69) is 146 Å². The van der Waals surface area contributed by atoms with Gasteiger partial charge in [-0.05, 0) is 84.1 Å². The van der Waals surface area contributed by atoms with Gasteiger partial charge in [0.1, 0.15) is 0 Å². The number of hydrogen-bond acceptors (Lipinski definition) is 2. The zero-order valence-corrected chi connectivity index (χ0v) is 22.9. The van der Waals surface area contributed by atoms with Crippen LogP contribution in [0, 0.1) is 13.8 Å². The lowest BCUT2D eigenvalue weighted by atomic mass is 9.85. The fraction of sp³-hybridized carbons (Fsp3) is 0.0526. The molecule has 0 unspecified atom stereocenters. The van der Waals surface area contributed by atoms with Crippen molar-refractivity contribution in [1.82, 2.24) is 0 Å². The molecule has 0 amide bonds. The molecule has 0 saturated heterocycles. The van der Waals surface area contributed by atoms with Crippen LogP contribution in [0.15, 0.2) is 146 Å². The Hall–Kier alpha value is -5.08. The standard InChI is InChI=1S/C38H32N2/c1-27-11-9-13-30(25-27)37-35(29-19-21-34(22-20-29)39-32-15-5-3-6-16-32)23-24-36(40-33-17-7-4-8-18-33)38(37)31-14-10-12-28(2)26-31/h3-26,39-40H,1-2H3. The first-order valence-electron chi connectivity index (χ1n) is 13.7. The third-order valence-corrected chi connectivity index (χ3v) is 7.13. The van der Waals surface area contributed by atoms with Gasteiger partial charge in [0.05, 0.1) is 0 Å². The van der Waals surface area contributed by atoms with Crippen molar-refractivity contribution in [3.05, 3.63) is 157 Å². The minimum Gasteiger partial charge on any atom is -0.356 e. The highest BCUT2D eigenvalue weighted by atomic mass is 14.9. The molecule has 6 rings (SSSR count). The van der Waals surface area contributed by atoms with Crippen molar-refractivity contribution in [2.75, 3.05) is 10.6 Å². The predicted molar refractivity (Wildman–Crippen MR) is 172 cm³/mol. The lowest BCUT2D eigenvalue weighted by Gasteiger charge is -2.22. The molecule has 0 aliphatic carbocycles. The molecule has 0 bridgehead atoms. The zero-order chi connectivity index (χ0) is 27.3. The average molecular weight is 517 g/mol. The van der Waals surface area contributed by atoms with Crippen molar-refractivity contribution in [2.45, 2.75) is 13.8 Å². The second-order valence-corrected chi connectivity index (χ2v) is 10.2. The fourth-order valence-electron chi connectivity index (χ4n) is 5.25. The number of para-hydroxylation sites is 2. The Morgan fingerprint density at radius 1 is 0.375 bits per heavy atom. The quantitative estimate of drug-likeness (QED) is 0.220. The Kier molecular flexibility index (Phi) is 7.15. The highest BCUT2D eigenvalue weighted by Crippen LogP contribution is 2.45. The lowest BCUT2D eigenvalue weighted by molar-refractivity contribution is 1.44. The molecule has 0 radical (unpaired) electrons. The third-order valence-electron chi connectivity index (χ3n) is 7.13. The number of benzene rings is 6. The van der Waals surface area contributed by atoms with Crippen LogP contribution in [-0.4, -0.2) is 0 Å². The smallest absolute Gasteiger partial charge is 0.0470 e. The molecule has 0 fully saturated rings. The molecule has 0 aliphatic heterocycles. The van der Waals surface area contributed by atoms with Gasteiger partial charge in [-0.1, -0.05) is 114 Å². The maximum Gasteiger partial charge on any atom is 0.0470 e. The first-order valence-corrected chi connectivity index (χ1v) is 13.7. The summed E-state index contributed by atoms with van der Waals surface area (Å²) in [6.07, 6.45) is 0. The summed E-state index contributed by atoms with van der Waals surface area (Å²) < 4.78 is 0. The summed E-state index contributed by atoms with van der Waals surface area (Å²) in [7, 11) is 0. The Balaban J connectivity index is 1.54. The van der Waals surface area contributed by atoms with Gasteiger partial charge < -0.3 is 10.6 Å². The van der Waals surface area contributed by atoms with E-state index in [0.29, 0.717) is 0 Å².